The van der Waals surface area contributed by atoms with Crippen LogP contribution < -0.4 is 5.76 Å². The number of aromatic amines is 1. The monoisotopic (exact) mass is 205 g/mol. The molecule has 1 heterocycles. The number of H-pyrrole nitrogens is 1. The maximum absolute atomic E-state index is 10.9. The van der Waals surface area contributed by atoms with Crippen molar-refractivity contribution >= 4 is 11.1 Å². The second-order valence-corrected chi connectivity index (χ2v) is 4.25. The summed E-state index contributed by atoms with van der Waals surface area (Å²) in [7, 11) is 0. The SMILES string of the molecule is O=c1[nH]c2cc(CC3(O)CC3)ccc2o1. The van der Waals surface area contributed by atoms with Gasteiger partial charge in [-0.15, -0.1) is 0 Å². The lowest BCUT2D eigenvalue weighted by molar-refractivity contribution is 0.151. The van der Waals surface area contributed by atoms with Crippen molar-refractivity contribution in [2.75, 3.05) is 0 Å². The van der Waals surface area contributed by atoms with Gasteiger partial charge in [0.15, 0.2) is 5.58 Å². The second-order valence-electron chi connectivity index (χ2n) is 4.25. The first-order chi connectivity index (χ1) is 7.15. The van der Waals surface area contributed by atoms with Crippen molar-refractivity contribution in [1.82, 2.24) is 4.98 Å². The highest BCUT2D eigenvalue weighted by molar-refractivity contribution is 5.72. The molecule has 4 heteroatoms. The standard InChI is InChI=1S/C11H11NO3/c13-10-12-8-5-7(1-2-9(8)15-10)6-11(14)3-4-11/h1-2,5,14H,3-4,6H2,(H,12,13). The van der Waals surface area contributed by atoms with Gasteiger partial charge in [0.25, 0.3) is 0 Å². The molecule has 1 aliphatic carbocycles. The topological polar surface area (TPSA) is 66.2 Å². The molecule has 15 heavy (non-hydrogen) atoms. The van der Waals surface area contributed by atoms with Crippen LogP contribution in [0.25, 0.3) is 11.1 Å². The van der Waals surface area contributed by atoms with Gasteiger partial charge in [0, 0.05) is 6.42 Å². The molecule has 0 bridgehead atoms. The smallest absolute Gasteiger partial charge is 0.408 e. The third kappa shape index (κ3) is 1.57. The highest BCUT2D eigenvalue weighted by atomic mass is 16.4. The summed E-state index contributed by atoms with van der Waals surface area (Å²) >= 11 is 0. The number of aliphatic hydroxyl groups is 1. The minimum Gasteiger partial charge on any atom is -0.408 e. The molecule has 4 nitrogen and oxygen atoms in total. The van der Waals surface area contributed by atoms with Crippen LogP contribution in [0.4, 0.5) is 0 Å². The van der Waals surface area contributed by atoms with Crippen LogP contribution in [0.2, 0.25) is 0 Å². The van der Waals surface area contributed by atoms with Gasteiger partial charge in [0.05, 0.1) is 11.1 Å². The molecular formula is C11H11NO3. The second kappa shape index (κ2) is 2.73. The molecule has 1 saturated carbocycles. The first-order valence-corrected chi connectivity index (χ1v) is 4.99. The van der Waals surface area contributed by atoms with E-state index in [0.29, 0.717) is 17.5 Å². The largest absolute Gasteiger partial charge is 0.417 e. The summed E-state index contributed by atoms with van der Waals surface area (Å²) < 4.78 is 4.90. The van der Waals surface area contributed by atoms with Crippen molar-refractivity contribution in [3.8, 4) is 0 Å². The molecule has 0 amide bonds. The van der Waals surface area contributed by atoms with Gasteiger partial charge in [-0.05, 0) is 30.5 Å². The Kier molecular flexibility index (Phi) is 1.59. The summed E-state index contributed by atoms with van der Waals surface area (Å²) in [5.41, 5.74) is 1.78. The van der Waals surface area contributed by atoms with Crippen LogP contribution in [0.1, 0.15) is 18.4 Å². The summed E-state index contributed by atoms with van der Waals surface area (Å²) in [6.45, 7) is 0. The van der Waals surface area contributed by atoms with Crippen molar-refractivity contribution < 1.29 is 9.52 Å². The van der Waals surface area contributed by atoms with E-state index < -0.39 is 11.4 Å². The Hall–Kier alpha value is -1.55. The van der Waals surface area contributed by atoms with E-state index in [0.717, 1.165) is 18.4 Å². The Labute approximate surface area is 85.5 Å². The molecule has 0 radical (unpaired) electrons. The zero-order valence-corrected chi connectivity index (χ0v) is 8.12. The van der Waals surface area contributed by atoms with Crippen LogP contribution in [0, 0.1) is 0 Å². The fourth-order valence-corrected chi connectivity index (χ4v) is 1.81. The number of oxazole rings is 1. The molecule has 0 saturated heterocycles. The van der Waals surface area contributed by atoms with Crippen molar-refractivity contribution in [1.29, 1.82) is 0 Å². The lowest BCUT2D eigenvalue weighted by atomic mass is 10.1. The Morgan fingerprint density at radius 1 is 1.47 bits per heavy atom. The predicted molar refractivity (Wildman–Crippen MR) is 54.7 cm³/mol. The highest BCUT2D eigenvalue weighted by Crippen LogP contribution is 2.38. The Bertz CT molecular complexity index is 562. The average molecular weight is 205 g/mol. The molecule has 0 unspecified atom stereocenters. The third-order valence-electron chi connectivity index (χ3n) is 2.84. The number of hydrogen-bond donors (Lipinski definition) is 2. The maximum Gasteiger partial charge on any atom is 0.417 e. The van der Waals surface area contributed by atoms with E-state index in [1.165, 1.54) is 0 Å². The van der Waals surface area contributed by atoms with Gasteiger partial charge in [-0.2, -0.15) is 0 Å². The van der Waals surface area contributed by atoms with E-state index in [4.69, 9.17) is 4.42 Å². The van der Waals surface area contributed by atoms with E-state index in [1.54, 1.807) is 6.07 Å². The molecule has 78 valence electrons. The molecule has 0 spiro atoms. The summed E-state index contributed by atoms with van der Waals surface area (Å²) in [4.78, 5) is 13.5. The van der Waals surface area contributed by atoms with Crippen LogP contribution in [0.15, 0.2) is 27.4 Å². The van der Waals surface area contributed by atoms with E-state index in [9.17, 15) is 9.90 Å². The van der Waals surface area contributed by atoms with Crippen molar-refractivity contribution in [2.24, 2.45) is 0 Å². The summed E-state index contributed by atoms with van der Waals surface area (Å²) in [5, 5.41) is 9.76. The molecule has 1 aliphatic rings. The zero-order valence-electron chi connectivity index (χ0n) is 8.12. The fourth-order valence-electron chi connectivity index (χ4n) is 1.81. The molecule has 1 aromatic heterocycles. The van der Waals surface area contributed by atoms with Gasteiger partial charge in [0.1, 0.15) is 0 Å². The Balaban J connectivity index is 2.01. The van der Waals surface area contributed by atoms with Gasteiger partial charge in [-0.25, -0.2) is 4.79 Å². The van der Waals surface area contributed by atoms with Crippen LogP contribution in [0.3, 0.4) is 0 Å². The number of rotatable bonds is 2. The van der Waals surface area contributed by atoms with Gasteiger partial charge in [-0.3, -0.25) is 4.98 Å². The number of nitrogens with one attached hydrogen (secondary N) is 1. The normalized spacial score (nSPS) is 18.2. The van der Waals surface area contributed by atoms with Crippen LogP contribution >= 0.6 is 0 Å². The quantitative estimate of drug-likeness (QED) is 0.773. The predicted octanol–water partition coefficient (Wildman–Crippen LogP) is 1.19. The van der Waals surface area contributed by atoms with E-state index >= 15 is 0 Å². The maximum atomic E-state index is 10.9. The average Bonchev–Trinajstić information content (AvgIpc) is 2.76. The van der Waals surface area contributed by atoms with Gasteiger partial charge < -0.3 is 9.52 Å². The van der Waals surface area contributed by atoms with Gasteiger partial charge in [-0.1, -0.05) is 6.07 Å². The summed E-state index contributed by atoms with van der Waals surface area (Å²) in [6, 6.07) is 5.50. The number of benzene rings is 1. The molecule has 2 N–H and O–H groups in total. The number of fused-ring (bicyclic) bond motifs is 1. The summed E-state index contributed by atoms with van der Waals surface area (Å²) in [5.74, 6) is -0.438. The molecule has 2 aromatic rings. The summed E-state index contributed by atoms with van der Waals surface area (Å²) in [6.07, 6.45) is 2.38. The zero-order chi connectivity index (χ0) is 10.5. The minimum atomic E-state index is -0.502. The molecule has 3 rings (SSSR count). The van der Waals surface area contributed by atoms with Gasteiger partial charge in [0.2, 0.25) is 0 Å². The van der Waals surface area contributed by atoms with Crippen molar-refractivity contribution in [3.63, 3.8) is 0 Å². The fraction of sp³-hybridized carbons (Fsp3) is 0.364. The number of aromatic nitrogens is 1. The Morgan fingerprint density at radius 3 is 3.00 bits per heavy atom. The van der Waals surface area contributed by atoms with Crippen LogP contribution in [-0.4, -0.2) is 15.7 Å². The lowest BCUT2D eigenvalue weighted by Crippen LogP contribution is -2.10. The van der Waals surface area contributed by atoms with Gasteiger partial charge >= 0.3 is 5.76 Å². The minimum absolute atomic E-state index is 0.438. The first kappa shape index (κ1) is 8.73. The molecule has 1 fully saturated rings. The highest BCUT2D eigenvalue weighted by Gasteiger charge is 2.40. The van der Waals surface area contributed by atoms with Crippen molar-refractivity contribution in [3.05, 3.63) is 34.3 Å². The van der Waals surface area contributed by atoms with Crippen LogP contribution in [-0.2, 0) is 6.42 Å². The van der Waals surface area contributed by atoms with Crippen LogP contribution in [0.5, 0.6) is 0 Å². The third-order valence-corrected chi connectivity index (χ3v) is 2.84. The van der Waals surface area contributed by atoms with E-state index in [-0.39, 0.29) is 0 Å². The molecule has 0 aliphatic heterocycles. The molecule has 1 aromatic carbocycles. The van der Waals surface area contributed by atoms with Crippen molar-refractivity contribution in [2.45, 2.75) is 24.9 Å². The van der Waals surface area contributed by atoms with E-state index in [2.05, 4.69) is 4.98 Å². The van der Waals surface area contributed by atoms with E-state index in [1.807, 2.05) is 12.1 Å². The molecular weight excluding hydrogens is 194 g/mol. The first-order valence-electron chi connectivity index (χ1n) is 4.99. The Morgan fingerprint density at radius 2 is 2.27 bits per heavy atom. The number of hydrogen-bond acceptors (Lipinski definition) is 3. The molecule has 0 atom stereocenters. The lowest BCUT2D eigenvalue weighted by Gasteiger charge is -2.06.